The van der Waals surface area contributed by atoms with Crippen LogP contribution in [0.2, 0.25) is 0 Å². The topological polar surface area (TPSA) is 71.3 Å². The zero-order valence-electron chi connectivity index (χ0n) is 33.1. The van der Waals surface area contributed by atoms with Gasteiger partial charge in [-0.3, -0.25) is 9.13 Å². The fourth-order valence-corrected chi connectivity index (χ4v) is 10.1. The number of aromatic nitrogens is 8. The Hall–Kier alpha value is -8.62. The van der Waals surface area contributed by atoms with E-state index in [9.17, 15) is 0 Å². The zero-order chi connectivity index (χ0) is 40.5. The summed E-state index contributed by atoms with van der Waals surface area (Å²) in [5.41, 5.74) is 12.2. The van der Waals surface area contributed by atoms with E-state index in [1.165, 1.54) is 27.1 Å². The molecule has 0 aliphatic carbocycles. The lowest BCUT2D eigenvalue weighted by Gasteiger charge is -2.10. The molecule has 0 atom stereocenters. The van der Waals surface area contributed by atoms with Crippen molar-refractivity contribution in [2.75, 3.05) is 0 Å². The summed E-state index contributed by atoms with van der Waals surface area (Å²) in [5.74, 6) is 1.26. The largest absolute Gasteiger partial charge is 0.309 e. The smallest absolute Gasteiger partial charge is 0.236 e. The summed E-state index contributed by atoms with van der Waals surface area (Å²) in [7, 11) is 0. The van der Waals surface area contributed by atoms with Crippen molar-refractivity contribution in [3.8, 4) is 23.1 Å². The molecule has 0 saturated heterocycles. The molecule has 0 fully saturated rings. The van der Waals surface area contributed by atoms with E-state index in [-0.39, 0.29) is 0 Å². The van der Waals surface area contributed by atoms with Crippen molar-refractivity contribution in [2.45, 2.75) is 0 Å². The number of para-hydroxylation sites is 6. The van der Waals surface area contributed by atoms with Gasteiger partial charge < -0.3 is 9.13 Å². The number of fused-ring (bicyclic) bond motifs is 13. The van der Waals surface area contributed by atoms with Gasteiger partial charge in [0.1, 0.15) is 5.52 Å². The van der Waals surface area contributed by atoms with E-state index in [4.69, 9.17) is 19.9 Å². The number of hydrogen-bond acceptors (Lipinski definition) is 4. The van der Waals surface area contributed by atoms with Gasteiger partial charge in [-0.25, -0.2) is 15.0 Å². The number of rotatable bonds is 4. The van der Waals surface area contributed by atoms with Crippen LogP contribution in [-0.2, 0) is 0 Å². The highest BCUT2D eigenvalue weighted by Crippen LogP contribution is 2.41. The normalized spacial score (nSPS) is 12.2. The molecule has 0 bridgehead atoms. The maximum absolute atomic E-state index is 5.23. The summed E-state index contributed by atoms with van der Waals surface area (Å²) in [6.07, 6.45) is 3.66. The Morgan fingerprint density at radius 3 is 1.16 bits per heavy atom. The van der Waals surface area contributed by atoms with Crippen LogP contribution in [0.15, 0.2) is 194 Å². The minimum Gasteiger partial charge on any atom is -0.309 e. The van der Waals surface area contributed by atoms with E-state index >= 15 is 0 Å². The van der Waals surface area contributed by atoms with Crippen LogP contribution in [0.3, 0.4) is 0 Å². The second-order valence-electron chi connectivity index (χ2n) is 16.0. The SMILES string of the molecule is c1ccc(-n2c3ccccc3c3cc4c(cc32)c2ccccc2n4-c2cnc3nc(-n4c5ccccc5c5cc6c(cc54)c4ccccc4n6-c4ccccc4)ncc3n2)cc1. The highest BCUT2D eigenvalue weighted by Gasteiger charge is 2.22. The van der Waals surface area contributed by atoms with E-state index in [2.05, 4.69) is 200 Å². The molecule has 14 aromatic rings. The fraction of sp³-hybridized carbons (Fsp3) is 0. The molecule has 8 heteroatoms. The van der Waals surface area contributed by atoms with Gasteiger partial charge in [0.25, 0.3) is 0 Å². The highest BCUT2D eigenvalue weighted by molar-refractivity contribution is 6.20. The lowest BCUT2D eigenvalue weighted by Crippen LogP contribution is -2.04. The summed E-state index contributed by atoms with van der Waals surface area (Å²) in [6, 6.07) is 64.7. The Labute approximate surface area is 352 Å². The monoisotopic (exact) mass is 792 g/mol. The summed E-state index contributed by atoms with van der Waals surface area (Å²) >= 11 is 0. The Morgan fingerprint density at radius 1 is 0.290 bits per heavy atom. The molecule has 0 unspecified atom stereocenters. The Morgan fingerprint density at radius 2 is 0.677 bits per heavy atom. The molecule has 14 rings (SSSR count). The van der Waals surface area contributed by atoms with Crippen molar-refractivity contribution in [1.82, 2.24) is 38.2 Å². The molecule has 0 radical (unpaired) electrons. The van der Waals surface area contributed by atoms with Gasteiger partial charge >= 0.3 is 0 Å². The molecule has 0 aliphatic heterocycles. The second kappa shape index (κ2) is 12.5. The van der Waals surface area contributed by atoms with Crippen LogP contribution in [0.4, 0.5) is 0 Å². The standard InChI is InChI=1S/C54H32N8/c1-3-15-33(16-4-1)59-44-23-11-7-19-35(44)39-29-50-41(27-48(39)59)37-21-9-13-25-46(37)61(50)52-32-55-53-43(57-52)31-56-54(58-53)62-47-26-14-10-22-38(47)42-28-49-40(30-51(42)62)36-20-8-12-24-45(36)60(49)34-17-5-2-6-18-34/h1-32H. The molecule has 8 aromatic carbocycles. The van der Waals surface area contributed by atoms with Crippen LogP contribution in [-0.4, -0.2) is 38.2 Å². The maximum Gasteiger partial charge on any atom is 0.236 e. The van der Waals surface area contributed by atoms with E-state index in [0.29, 0.717) is 22.9 Å². The van der Waals surface area contributed by atoms with Crippen molar-refractivity contribution in [2.24, 2.45) is 0 Å². The van der Waals surface area contributed by atoms with E-state index < -0.39 is 0 Å². The van der Waals surface area contributed by atoms with Gasteiger partial charge in [0.15, 0.2) is 11.5 Å². The van der Waals surface area contributed by atoms with Gasteiger partial charge in [0.2, 0.25) is 5.95 Å². The van der Waals surface area contributed by atoms with E-state index in [1.54, 1.807) is 0 Å². The Bertz CT molecular complexity index is 3880. The first-order valence-electron chi connectivity index (χ1n) is 20.8. The van der Waals surface area contributed by atoms with Crippen LogP contribution in [0, 0.1) is 0 Å². The molecule has 62 heavy (non-hydrogen) atoms. The van der Waals surface area contributed by atoms with Crippen LogP contribution in [0.25, 0.3) is 122 Å². The van der Waals surface area contributed by atoms with Crippen molar-refractivity contribution < 1.29 is 0 Å². The van der Waals surface area contributed by atoms with Crippen LogP contribution >= 0.6 is 0 Å². The van der Waals surface area contributed by atoms with Gasteiger partial charge in [0.05, 0.1) is 56.5 Å². The molecule has 0 aliphatic rings. The van der Waals surface area contributed by atoms with Gasteiger partial charge in [-0.05, 0) is 72.8 Å². The molecule has 288 valence electrons. The third kappa shape index (κ3) is 4.55. The lowest BCUT2D eigenvalue weighted by molar-refractivity contribution is 0.985. The molecular formula is C54H32N8. The van der Waals surface area contributed by atoms with Crippen molar-refractivity contribution in [1.29, 1.82) is 0 Å². The first kappa shape index (κ1) is 33.2. The minimum atomic E-state index is 0.528. The second-order valence-corrected chi connectivity index (χ2v) is 16.0. The third-order valence-electron chi connectivity index (χ3n) is 12.7. The number of hydrogen-bond donors (Lipinski definition) is 0. The predicted molar refractivity (Wildman–Crippen MR) is 252 cm³/mol. The fourth-order valence-electron chi connectivity index (χ4n) is 10.1. The third-order valence-corrected chi connectivity index (χ3v) is 12.7. The lowest BCUT2D eigenvalue weighted by atomic mass is 10.1. The highest BCUT2D eigenvalue weighted by atomic mass is 15.2. The maximum atomic E-state index is 5.23. The molecule has 0 N–H and O–H groups in total. The van der Waals surface area contributed by atoms with Crippen LogP contribution in [0.1, 0.15) is 0 Å². The molecule has 0 amide bonds. The van der Waals surface area contributed by atoms with Gasteiger partial charge in [-0.1, -0.05) is 109 Å². The van der Waals surface area contributed by atoms with Crippen LogP contribution in [0.5, 0.6) is 0 Å². The molecule has 6 aromatic heterocycles. The quantitative estimate of drug-likeness (QED) is 0.178. The molecule has 8 nitrogen and oxygen atoms in total. The summed E-state index contributed by atoms with van der Waals surface area (Å²) in [6.45, 7) is 0. The first-order chi connectivity index (χ1) is 30.8. The molecule has 6 heterocycles. The van der Waals surface area contributed by atoms with Crippen molar-refractivity contribution >= 4 is 98.4 Å². The van der Waals surface area contributed by atoms with Crippen LogP contribution < -0.4 is 0 Å². The average molecular weight is 793 g/mol. The van der Waals surface area contributed by atoms with Crippen molar-refractivity contribution in [3.05, 3.63) is 194 Å². The van der Waals surface area contributed by atoms with Gasteiger partial charge in [0, 0.05) is 54.5 Å². The zero-order valence-corrected chi connectivity index (χ0v) is 33.1. The Balaban J connectivity index is 0.963. The molecule has 0 saturated carbocycles. The summed E-state index contributed by atoms with van der Waals surface area (Å²) < 4.78 is 9.11. The van der Waals surface area contributed by atoms with Gasteiger partial charge in [-0.15, -0.1) is 0 Å². The average Bonchev–Trinajstić information content (AvgIpc) is 4.05. The Kier molecular flexibility index (Phi) is 6.68. The minimum absolute atomic E-state index is 0.528. The summed E-state index contributed by atoms with van der Waals surface area (Å²) in [5, 5.41) is 9.29. The van der Waals surface area contributed by atoms with E-state index in [0.717, 1.165) is 71.5 Å². The van der Waals surface area contributed by atoms with Crippen molar-refractivity contribution in [3.63, 3.8) is 0 Å². The molecule has 0 spiro atoms. The number of nitrogens with zero attached hydrogens (tertiary/aromatic N) is 8. The van der Waals surface area contributed by atoms with Gasteiger partial charge in [-0.2, -0.15) is 4.98 Å². The number of benzene rings is 8. The first-order valence-corrected chi connectivity index (χ1v) is 20.8. The molecular weight excluding hydrogens is 761 g/mol. The predicted octanol–water partition coefficient (Wildman–Crippen LogP) is 12.8. The summed E-state index contributed by atoms with van der Waals surface area (Å²) in [4.78, 5) is 20.4. The van der Waals surface area contributed by atoms with E-state index in [1.807, 2.05) is 12.4 Å².